The van der Waals surface area contributed by atoms with Gasteiger partial charge >= 0.3 is 0 Å². The van der Waals surface area contributed by atoms with Gasteiger partial charge in [0.05, 0.1) is 22.6 Å². The molecule has 1 saturated heterocycles. The van der Waals surface area contributed by atoms with Crippen LogP contribution in [-0.4, -0.2) is 27.4 Å². The molecule has 1 aliphatic rings. The SMILES string of the molecule is COc1ccc(C=C2SC(=S)N(c3ccc([N+](=O)[O-])cc3)C2=O)cc1O. The molecule has 1 aliphatic heterocycles. The van der Waals surface area contributed by atoms with Gasteiger partial charge in [0.15, 0.2) is 15.8 Å². The maximum absolute atomic E-state index is 12.7. The third-order valence-electron chi connectivity index (χ3n) is 3.61. The number of thioether (sulfide) groups is 1. The van der Waals surface area contributed by atoms with Gasteiger partial charge in [-0.15, -0.1) is 0 Å². The zero-order valence-corrected chi connectivity index (χ0v) is 15.0. The van der Waals surface area contributed by atoms with Gasteiger partial charge in [0.1, 0.15) is 0 Å². The van der Waals surface area contributed by atoms with Gasteiger partial charge < -0.3 is 9.84 Å². The van der Waals surface area contributed by atoms with Gasteiger partial charge in [0.2, 0.25) is 0 Å². The predicted molar refractivity (Wildman–Crippen MR) is 103 cm³/mol. The molecule has 132 valence electrons. The zero-order valence-electron chi connectivity index (χ0n) is 13.4. The number of methoxy groups -OCH3 is 1. The second-order valence-electron chi connectivity index (χ2n) is 5.22. The second-order valence-corrected chi connectivity index (χ2v) is 6.90. The van der Waals surface area contributed by atoms with E-state index in [-0.39, 0.29) is 17.3 Å². The summed E-state index contributed by atoms with van der Waals surface area (Å²) in [6.07, 6.45) is 1.61. The van der Waals surface area contributed by atoms with Crippen LogP contribution in [0.3, 0.4) is 0 Å². The fraction of sp³-hybridized carbons (Fsp3) is 0.0588. The molecule has 2 aromatic carbocycles. The minimum Gasteiger partial charge on any atom is -0.504 e. The first kappa shape index (κ1) is 17.9. The number of anilines is 1. The van der Waals surface area contributed by atoms with Crippen LogP contribution >= 0.6 is 24.0 Å². The summed E-state index contributed by atoms with van der Waals surface area (Å²) in [5.74, 6) is -0.0307. The Morgan fingerprint density at radius 1 is 1.27 bits per heavy atom. The number of hydrogen-bond acceptors (Lipinski definition) is 7. The Morgan fingerprint density at radius 3 is 2.54 bits per heavy atom. The van der Waals surface area contributed by atoms with Crippen molar-refractivity contribution in [2.45, 2.75) is 0 Å². The molecule has 26 heavy (non-hydrogen) atoms. The van der Waals surface area contributed by atoms with Crippen LogP contribution in [0.5, 0.6) is 11.5 Å². The summed E-state index contributed by atoms with van der Waals surface area (Å²) >= 11 is 6.39. The van der Waals surface area contributed by atoms with Crippen LogP contribution < -0.4 is 9.64 Å². The smallest absolute Gasteiger partial charge is 0.270 e. The number of ether oxygens (including phenoxy) is 1. The number of amides is 1. The summed E-state index contributed by atoms with van der Waals surface area (Å²) in [4.78, 5) is 24.6. The van der Waals surface area contributed by atoms with Gasteiger partial charge in [-0.1, -0.05) is 30.0 Å². The Morgan fingerprint density at radius 2 is 1.96 bits per heavy atom. The fourth-order valence-electron chi connectivity index (χ4n) is 2.36. The van der Waals surface area contributed by atoms with Crippen LogP contribution in [0.1, 0.15) is 5.56 Å². The Bertz CT molecular complexity index is 941. The van der Waals surface area contributed by atoms with E-state index in [1.807, 2.05) is 0 Å². The van der Waals surface area contributed by atoms with Crippen molar-refractivity contribution in [3.05, 3.63) is 63.0 Å². The first-order valence-corrected chi connectivity index (χ1v) is 8.52. The molecule has 2 aromatic rings. The lowest BCUT2D eigenvalue weighted by atomic mass is 10.2. The zero-order chi connectivity index (χ0) is 18.8. The molecule has 0 atom stereocenters. The summed E-state index contributed by atoms with van der Waals surface area (Å²) < 4.78 is 5.32. The molecular weight excluding hydrogens is 376 g/mol. The number of benzene rings is 2. The van der Waals surface area contributed by atoms with E-state index in [2.05, 4.69) is 0 Å². The second kappa shape index (κ2) is 7.14. The lowest BCUT2D eigenvalue weighted by Crippen LogP contribution is -2.27. The number of hydrogen-bond donors (Lipinski definition) is 1. The summed E-state index contributed by atoms with van der Waals surface area (Å²) in [6, 6.07) is 10.4. The monoisotopic (exact) mass is 388 g/mol. The molecule has 1 fully saturated rings. The molecule has 1 N–H and O–H groups in total. The Balaban J connectivity index is 1.88. The van der Waals surface area contributed by atoms with Crippen molar-refractivity contribution in [3.8, 4) is 11.5 Å². The van der Waals surface area contributed by atoms with Crippen LogP contribution in [-0.2, 0) is 4.79 Å². The minimum absolute atomic E-state index is 0.0351. The molecule has 9 heteroatoms. The number of rotatable bonds is 4. The van der Waals surface area contributed by atoms with E-state index in [4.69, 9.17) is 17.0 Å². The number of nitrogens with zero attached hydrogens (tertiary/aromatic N) is 2. The molecule has 0 unspecified atom stereocenters. The summed E-state index contributed by atoms with van der Waals surface area (Å²) in [5, 5.41) is 20.6. The van der Waals surface area contributed by atoms with Gasteiger partial charge in [-0.2, -0.15) is 0 Å². The van der Waals surface area contributed by atoms with E-state index >= 15 is 0 Å². The van der Waals surface area contributed by atoms with E-state index in [9.17, 15) is 20.0 Å². The number of aromatic hydroxyl groups is 1. The van der Waals surface area contributed by atoms with Crippen molar-refractivity contribution in [2.24, 2.45) is 0 Å². The molecule has 0 bridgehead atoms. The largest absolute Gasteiger partial charge is 0.504 e. The number of phenolic OH excluding ortho intramolecular Hbond substituents is 1. The van der Waals surface area contributed by atoms with E-state index < -0.39 is 4.92 Å². The molecular formula is C17H12N2O5S2. The summed E-state index contributed by atoms with van der Waals surface area (Å²) in [7, 11) is 1.45. The normalized spacial score (nSPS) is 15.6. The van der Waals surface area contributed by atoms with E-state index in [1.165, 1.54) is 42.3 Å². The number of non-ortho nitro benzene ring substituents is 1. The van der Waals surface area contributed by atoms with Crippen LogP contribution in [0.4, 0.5) is 11.4 Å². The molecule has 0 saturated carbocycles. The molecule has 1 amide bonds. The maximum atomic E-state index is 12.7. The number of nitro benzene ring substituents is 1. The molecule has 0 aliphatic carbocycles. The number of carbonyl (C=O) groups excluding carboxylic acids is 1. The quantitative estimate of drug-likeness (QED) is 0.369. The highest BCUT2D eigenvalue weighted by Crippen LogP contribution is 2.37. The number of nitro groups is 1. The lowest BCUT2D eigenvalue weighted by molar-refractivity contribution is -0.384. The molecule has 3 rings (SSSR count). The third kappa shape index (κ3) is 3.39. The van der Waals surface area contributed by atoms with Crippen molar-refractivity contribution in [3.63, 3.8) is 0 Å². The van der Waals surface area contributed by atoms with Gasteiger partial charge in [-0.25, -0.2) is 0 Å². The highest BCUT2D eigenvalue weighted by atomic mass is 32.2. The first-order chi connectivity index (χ1) is 12.4. The van der Waals surface area contributed by atoms with Crippen molar-refractivity contribution in [1.29, 1.82) is 0 Å². The number of carbonyl (C=O) groups is 1. The Hall–Kier alpha value is -2.91. The van der Waals surface area contributed by atoms with Crippen molar-refractivity contribution >= 4 is 51.7 Å². The highest BCUT2D eigenvalue weighted by molar-refractivity contribution is 8.27. The summed E-state index contributed by atoms with van der Waals surface area (Å²) in [5.41, 5.74) is 1.01. The van der Waals surface area contributed by atoms with Crippen LogP contribution in [0.2, 0.25) is 0 Å². The fourth-order valence-corrected chi connectivity index (χ4v) is 3.66. The average Bonchev–Trinajstić information content (AvgIpc) is 2.89. The van der Waals surface area contributed by atoms with Crippen LogP contribution in [0.25, 0.3) is 6.08 Å². The van der Waals surface area contributed by atoms with Crippen molar-refractivity contribution in [1.82, 2.24) is 0 Å². The van der Waals surface area contributed by atoms with Gasteiger partial charge in [0.25, 0.3) is 11.6 Å². The topological polar surface area (TPSA) is 92.9 Å². The molecule has 0 radical (unpaired) electrons. The van der Waals surface area contributed by atoms with E-state index in [1.54, 1.807) is 18.2 Å². The maximum Gasteiger partial charge on any atom is 0.270 e. The van der Waals surface area contributed by atoms with Gasteiger partial charge in [-0.05, 0) is 35.9 Å². The van der Waals surface area contributed by atoms with Crippen molar-refractivity contribution < 1.29 is 19.6 Å². The number of thiocarbonyl (C=S) groups is 1. The average molecular weight is 388 g/mol. The minimum atomic E-state index is -0.510. The van der Waals surface area contributed by atoms with Crippen LogP contribution in [0.15, 0.2) is 47.4 Å². The highest BCUT2D eigenvalue weighted by Gasteiger charge is 2.33. The van der Waals surface area contributed by atoms with Gasteiger partial charge in [0, 0.05) is 12.1 Å². The van der Waals surface area contributed by atoms with Crippen molar-refractivity contribution in [2.75, 3.05) is 12.0 Å². The van der Waals surface area contributed by atoms with E-state index in [0.29, 0.717) is 26.2 Å². The Kier molecular flexibility index (Phi) is 4.92. The standard InChI is InChI=1S/C17H12N2O5S2/c1-24-14-7-2-10(8-13(14)20)9-15-16(21)18(17(25)26-15)11-3-5-12(6-4-11)19(22)23/h2-9,20H,1H3. The third-order valence-corrected chi connectivity index (χ3v) is 4.92. The van der Waals surface area contributed by atoms with Crippen LogP contribution in [0, 0.1) is 10.1 Å². The summed E-state index contributed by atoms with van der Waals surface area (Å²) in [6.45, 7) is 0. The first-order valence-electron chi connectivity index (χ1n) is 7.30. The molecule has 0 aromatic heterocycles. The Labute approximate surface area is 158 Å². The molecule has 1 heterocycles. The molecule has 7 nitrogen and oxygen atoms in total. The number of phenols is 1. The molecule has 0 spiro atoms. The predicted octanol–water partition coefficient (Wildman–Crippen LogP) is 3.71. The lowest BCUT2D eigenvalue weighted by Gasteiger charge is -2.13. The van der Waals surface area contributed by atoms with E-state index in [0.717, 1.165) is 11.8 Å². The van der Waals surface area contributed by atoms with Gasteiger partial charge in [-0.3, -0.25) is 19.8 Å².